The molecule has 1 aromatic carbocycles. The van der Waals surface area contributed by atoms with Crippen molar-refractivity contribution in [2.75, 3.05) is 19.0 Å². The Balaban J connectivity index is 1.57. The minimum Gasteiger partial charge on any atom is -0.497 e. The third-order valence-electron chi connectivity index (χ3n) is 5.12. The van der Waals surface area contributed by atoms with Gasteiger partial charge in [0.15, 0.2) is 23.6 Å². The highest BCUT2D eigenvalue weighted by Crippen LogP contribution is 2.33. The van der Waals surface area contributed by atoms with E-state index in [4.69, 9.17) is 9.47 Å². The van der Waals surface area contributed by atoms with E-state index < -0.39 is 37.3 Å². The van der Waals surface area contributed by atoms with E-state index in [0.717, 1.165) is 11.3 Å². The lowest BCUT2D eigenvalue weighted by Gasteiger charge is -2.41. The van der Waals surface area contributed by atoms with Crippen LogP contribution in [0.3, 0.4) is 0 Å². The molecule has 0 aliphatic carbocycles. The molecule has 5 atom stereocenters. The van der Waals surface area contributed by atoms with Crippen LogP contribution in [-0.4, -0.2) is 78.1 Å². The van der Waals surface area contributed by atoms with Crippen molar-refractivity contribution in [3.05, 3.63) is 42.5 Å². The predicted octanol–water partition coefficient (Wildman–Crippen LogP) is -0.629. The van der Waals surface area contributed by atoms with Crippen LogP contribution in [0.15, 0.2) is 36.9 Å². The highest BCUT2D eigenvalue weighted by Gasteiger charge is 2.45. The van der Waals surface area contributed by atoms with Crippen LogP contribution < -0.4 is 10.1 Å². The van der Waals surface area contributed by atoms with Gasteiger partial charge in [0, 0.05) is 6.54 Å². The first-order valence-corrected chi connectivity index (χ1v) is 9.38. The number of fused-ring (bicyclic) bond motifs is 1. The fourth-order valence-corrected chi connectivity index (χ4v) is 3.41. The molecule has 0 amide bonds. The lowest BCUT2D eigenvalue weighted by Crippen LogP contribution is -2.56. The second kappa shape index (κ2) is 8.50. The number of benzene rings is 1. The van der Waals surface area contributed by atoms with Crippen LogP contribution in [0.1, 0.15) is 11.8 Å². The molecule has 3 aliphatic heterocycles. The number of nitrogens with one attached hydrogen (secondary N) is 1. The number of hydrogen-bond acceptors (Lipinski definition) is 10. The summed E-state index contributed by atoms with van der Waals surface area (Å²) in [5, 5.41) is 43.1. The largest absolute Gasteiger partial charge is 0.497 e. The van der Waals surface area contributed by atoms with Gasteiger partial charge in [-0.05, 0) is 17.7 Å². The molecule has 3 aliphatic rings. The number of ether oxygens (including phenoxy) is 2. The van der Waals surface area contributed by atoms with E-state index in [1.807, 2.05) is 24.3 Å². The molecule has 0 saturated carbocycles. The summed E-state index contributed by atoms with van der Waals surface area (Å²) < 4.78 is 12.2. The molecule has 1 unspecified atom stereocenters. The second-order valence-corrected chi connectivity index (χ2v) is 6.97. The maximum atomic E-state index is 10.4. The quantitative estimate of drug-likeness (QED) is 0.350. The smallest absolute Gasteiger partial charge is 0.167 e. The lowest BCUT2D eigenvalue weighted by molar-refractivity contribution is -0.251. The maximum Gasteiger partial charge on any atom is 0.167 e. The SMILES string of the molecule is COc1ccc(CNc2ncn(C3O[C@H](CO)[C@@H](O)[C@H](O)[C@H]3O)c3ncnc2-3)cc1. The van der Waals surface area contributed by atoms with Crippen molar-refractivity contribution in [1.82, 2.24) is 19.5 Å². The van der Waals surface area contributed by atoms with Gasteiger partial charge in [0.05, 0.1) is 13.7 Å². The zero-order valence-electron chi connectivity index (χ0n) is 16.2. The molecule has 160 valence electrons. The van der Waals surface area contributed by atoms with Crippen molar-refractivity contribution in [3.8, 4) is 17.3 Å². The van der Waals surface area contributed by atoms with Gasteiger partial charge in [0.25, 0.3) is 0 Å². The molecule has 3 heterocycles. The number of anilines is 1. The molecule has 1 aromatic rings. The monoisotopic (exact) mass is 417 g/mol. The average Bonchev–Trinajstić information content (AvgIpc) is 3.27. The number of hydrogen-bond donors (Lipinski definition) is 5. The van der Waals surface area contributed by atoms with E-state index in [1.165, 1.54) is 17.2 Å². The van der Waals surface area contributed by atoms with Crippen molar-refractivity contribution >= 4 is 5.82 Å². The van der Waals surface area contributed by atoms with Gasteiger partial charge in [-0.1, -0.05) is 12.1 Å². The van der Waals surface area contributed by atoms with Gasteiger partial charge >= 0.3 is 0 Å². The Bertz CT molecular complexity index is 949. The summed E-state index contributed by atoms with van der Waals surface area (Å²) in [5.74, 6) is 1.62. The minimum atomic E-state index is -1.50. The zero-order valence-corrected chi connectivity index (χ0v) is 16.2. The van der Waals surface area contributed by atoms with Crippen LogP contribution in [0, 0.1) is 0 Å². The number of rotatable bonds is 6. The van der Waals surface area contributed by atoms with E-state index in [0.29, 0.717) is 23.9 Å². The fourth-order valence-electron chi connectivity index (χ4n) is 3.41. The summed E-state index contributed by atoms with van der Waals surface area (Å²) in [6, 6.07) is 7.58. The molecule has 11 heteroatoms. The van der Waals surface area contributed by atoms with Gasteiger partial charge in [-0.2, -0.15) is 0 Å². The Morgan fingerprint density at radius 2 is 1.83 bits per heavy atom. The topological polar surface area (TPSA) is 155 Å². The van der Waals surface area contributed by atoms with Gasteiger partial charge in [-0.3, -0.25) is 4.57 Å². The number of aliphatic hydroxyl groups excluding tert-OH is 4. The Morgan fingerprint density at radius 3 is 2.53 bits per heavy atom. The van der Waals surface area contributed by atoms with E-state index in [1.54, 1.807) is 7.11 Å². The second-order valence-electron chi connectivity index (χ2n) is 6.97. The normalized spacial score (nSPS) is 26.6. The van der Waals surface area contributed by atoms with Crippen molar-refractivity contribution in [1.29, 1.82) is 0 Å². The first kappa shape index (κ1) is 20.4. The summed E-state index contributed by atoms with van der Waals surface area (Å²) in [6.45, 7) is -0.0320. The highest BCUT2D eigenvalue weighted by atomic mass is 16.6. The Hall–Kier alpha value is -2.83. The predicted molar refractivity (Wildman–Crippen MR) is 104 cm³/mol. The standard InChI is InChI=1S/C19H23N5O6/c1-29-11-4-2-10(3-5-11)6-20-17-13-18(22-8-21-13)24(9-23-17)19-16(28)15(27)14(26)12(7-25)30-19/h2-5,8-9,12,14-16,19-20,25-28H,6-7H2,1H3/t12-,14-,15+,16-,19?/m1/s1. The minimum absolute atomic E-state index is 0.367. The molecule has 0 aromatic heterocycles. The van der Waals surface area contributed by atoms with Crippen LogP contribution in [-0.2, 0) is 11.3 Å². The Labute approximate surface area is 171 Å². The number of methoxy groups -OCH3 is 1. The van der Waals surface area contributed by atoms with E-state index in [9.17, 15) is 20.4 Å². The first-order chi connectivity index (χ1) is 14.5. The fraction of sp³-hybridized carbons (Fsp3) is 0.421. The van der Waals surface area contributed by atoms with E-state index in [2.05, 4.69) is 20.3 Å². The molecule has 5 N–H and O–H groups in total. The number of aromatic nitrogens is 4. The van der Waals surface area contributed by atoms with Gasteiger partial charge in [-0.15, -0.1) is 0 Å². The van der Waals surface area contributed by atoms with Crippen molar-refractivity contribution in [2.24, 2.45) is 0 Å². The van der Waals surface area contributed by atoms with E-state index in [-0.39, 0.29) is 0 Å². The Morgan fingerprint density at radius 1 is 1.07 bits per heavy atom. The van der Waals surface area contributed by atoms with Gasteiger partial charge in [-0.25, -0.2) is 15.0 Å². The molecular formula is C19H23N5O6. The zero-order chi connectivity index (χ0) is 21.3. The first-order valence-electron chi connectivity index (χ1n) is 9.38. The molecule has 0 spiro atoms. The third-order valence-corrected chi connectivity index (χ3v) is 5.12. The summed E-state index contributed by atoms with van der Waals surface area (Å²) in [6.07, 6.45) is -3.78. The van der Waals surface area contributed by atoms with E-state index >= 15 is 0 Å². The average molecular weight is 417 g/mol. The summed E-state index contributed by atoms with van der Waals surface area (Å²) >= 11 is 0. The van der Waals surface area contributed by atoms with Crippen LogP contribution in [0.4, 0.5) is 5.82 Å². The molecule has 0 radical (unpaired) electrons. The van der Waals surface area contributed by atoms with Crippen molar-refractivity contribution in [3.63, 3.8) is 0 Å². The molecule has 11 nitrogen and oxygen atoms in total. The molecular weight excluding hydrogens is 394 g/mol. The summed E-state index contributed by atoms with van der Waals surface area (Å²) in [5.41, 5.74) is 1.46. The number of imidazole rings is 1. The Kier molecular flexibility index (Phi) is 5.79. The van der Waals surface area contributed by atoms with Crippen LogP contribution >= 0.6 is 0 Å². The van der Waals surface area contributed by atoms with Crippen molar-refractivity contribution < 1.29 is 29.9 Å². The van der Waals surface area contributed by atoms with Gasteiger partial charge in [0.1, 0.15) is 42.8 Å². The molecule has 1 fully saturated rings. The van der Waals surface area contributed by atoms with Crippen LogP contribution in [0.5, 0.6) is 5.75 Å². The van der Waals surface area contributed by atoms with Crippen LogP contribution in [0.2, 0.25) is 0 Å². The number of nitrogens with zero attached hydrogens (tertiary/aromatic N) is 4. The van der Waals surface area contributed by atoms with Gasteiger partial charge < -0.3 is 35.2 Å². The molecule has 30 heavy (non-hydrogen) atoms. The lowest BCUT2D eigenvalue weighted by atomic mass is 9.98. The third kappa shape index (κ3) is 3.68. The summed E-state index contributed by atoms with van der Waals surface area (Å²) in [7, 11) is 1.61. The summed E-state index contributed by atoms with van der Waals surface area (Å²) in [4.78, 5) is 12.8. The molecule has 0 bridgehead atoms. The maximum absolute atomic E-state index is 10.4. The molecule has 4 rings (SSSR count). The van der Waals surface area contributed by atoms with Crippen LogP contribution in [0.25, 0.3) is 11.5 Å². The number of aliphatic hydroxyl groups is 4. The highest BCUT2D eigenvalue weighted by molar-refractivity contribution is 5.67. The van der Waals surface area contributed by atoms with Crippen molar-refractivity contribution in [2.45, 2.75) is 37.2 Å². The van der Waals surface area contributed by atoms with Gasteiger partial charge in [0.2, 0.25) is 0 Å². The molecule has 1 saturated heterocycles.